The number of hydrogen-bond acceptors (Lipinski definition) is 3. The fourth-order valence-corrected chi connectivity index (χ4v) is 3.13. The Morgan fingerprint density at radius 2 is 1.50 bits per heavy atom. The zero-order valence-corrected chi connectivity index (χ0v) is 15.1. The summed E-state index contributed by atoms with van der Waals surface area (Å²) >= 11 is 0. The van der Waals surface area contributed by atoms with Crippen molar-refractivity contribution in [3.8, 4) is 0 Å². The van der Waals surface area contributed by atoms with Crippen LogP contribution in [0.5, 0.6) is 0 Å². The van der Waals surface area contributed by atoms with Crippen LogP contribution in [0.1, 0.15) is 62.3 Å². The highest BCUT2D eigenvalue weighted by atomic mass is 16.5. The predicted octanol–water partition coefficient (Wildman–Crippen LogP) is 3.29. The second-order valence-electron chi connectivity index (χ2n) is 8.88. The van der Waals surface area contributed by atoms with E-state index in [1.165, 1.54) is 0 Å². The van der Waals surface area contributed by atoms with Gasteiger partial charge in [-0.05, 0) is 67.9 Å². The fraction of sp³-hybridized carbons (Fsp3) is 1.00. The van der Waals surface area contributed by atoms with E-state index < -0.39 is 0 Å². The first-order valence-corrected chi connectivity index (χ1v) is 8.01. The van der Waals surface area contributed by atoms with Crippen molar-refractivity contribution < 1.29 is 4.74 Å². The van der Waals surface area contributed by atoms with Gasteiger partial charge in [-0.3, -0.25) is 4.90 Å². The van der Waals surface area contributed by atoms with Gasteiger partial charge in [0.05, 0.1) is 11.2 Å². The third-order valence-corrected chi connectivity index (χ3v) is 4.07. The van der Waals surface area contributed by atoms with Crippen LogP contribution >= 0.6 is 0 Å². The van der Waals surface area contributed by atoms with Crippen molar-refractivity contribution in [2.24, 2.45) is 5.92 Å². The summed E-state index contributed by atoms with van der Waals surface area (Å²) in [7, 11) is 0. The number of morpholine rings is 1. The average Bonchev–Trinajstić information content (AvgIpc) is 2.19. The maximum Gasteiger partial charge on any atom is 0.0760 e. The molecule has 20 heavy (non-hydrogen) atoms. The largest absolute Gasteiger partial charge is 0.367 e. The van der Waals surface area contributed by atoms with Crippen LogP contribution in [0.4, 0.5) is 0 Å². The Kier molecular flexibility index (Phi) is 5.32. The summed E-state index contributed by atoms with van der Waals surface area (Å²) in [4.78, 5) is 2.60. The van der Waals surface area contributed by atoms with Gasteiger partial charge in [-0.1, -0.05) is 6.92 Å². The average molecular weight is 284 g/mol. The predicted molar refractivity (Wildman–Crippen MR) is 87.2 cm³/mol. The van der Waals surface area contributed by atoms with Crippen LogP contribution in [0, 0.1) is 5.92 Å². The normalized spacial score (nSPS) is 26.2. The molecule has 1 fully saturated rings. The van der Waals surface area contributed by atoms with E-state index in [0.29, 0.717) is 12.0 Å². The molecule has 0 aromatic rings. The van der Waals surface area contributed by atoms with Crippen LogP contribution in [0.2, 0.25) is 0 Å². The second kappa shape index (κ2) is 5.94. The lowest BCUT2D eigenvalue weighted by Crippen LogP contribution is -2.60. The summed E-state index contributed by atoms with van der Waals surface area (Å²) in [6, 6.07) is 0.562. The maximum absolute atomic E-state index is 6.18. The molecule has 0 aromatic carbocycles. The summed E-state index contributed by atoms with van der Waals surface area (Å²) in [5.41, 5.74) is 0.0674. The zero-order valence-electron chi connectivity index (χ0n) is 15.1. The van der Waals surface area contributed by atoms with Gasteiger partial charge >= 0.3 is 0 Å². The molecule has 0 radical (unpaired) electrons. The molecule has 1 rings (SSSR count). The lowest BCUT2D eigenvalue weighted by atomic mass is 9.93. The van der Waals surface area contributed by atoms with Gasteiger partial charge in [0.25, 0.3) is 0 Å². The van der Waals surface area contributed by atoms with Gasteiger partial charge in [0, 0.05) is 24.7 Å². The topological polar surface area (TPSA) is 24.5 Å². The summed E-state index contributed by atoms with van der Waals surface area (Å²) in [6.07, 6.45) is 0. The van der Waals surface area contributed by atoms with Crippen molar-refractivity contribution >= 4 is 0 Å². The third-order valence-electron chi connectivity index (χ3n) is 4.07. The Morgan fingerprint density at radius 1 is 1.05 bits per heavy atom. The van der Waals surface area contributed by atoms with Crippen molar-refractivity contribution in [1.29, 1.82) is 0 Å². The van der Waals surface area contributed by atoms with E-state index >= 15 is 0 Å². The lowest BCUT2D eigenvalue weighted by Gasteiger charge is -2.50. The molecule has 0 saturated carbocycles. The molecule has 1 aliphatic heterocycles. The van der Waals surface area contributed by atoms with Gasteiger partial charge < -0.3 is 10.1 Å². The molecule has 1 N–H and O–H groups in total. The minimum Gasteiger partial charge on any atom is -0.367 e. The van der Waals surface area contributed by atoms with E-state index in [1.54, 1.807) is 0 Å². The Hall–Kier alpha value is -0.120. The van der Waals surface area contributed by atoms with Crippen LogP contribution in [0.15, 0.2) is 0 Å². The molecule has 0 amide bonds. The van der Waals surface area contributed by atoms with Gasteiger partial charge in [0.2, 0.25) is 0 Å². The Morgan fingerprint density at radius 3 is 1.90 bits per heavy atom. The number of hydrogen-bond donors (Lipinski definition) is 1. The van der Waals surface area contributed by atoms with E-state index in [0.717, 1.165) is 19.6 Å². The van der Waals surface area contributed by atoms with Crippen molar-refractivity contribution in [2.45, 2.75) is 85.1 Å². The number of nitrogens with zero attached hydrogens (tertiary/aromatic N) is 1. The maximum atomic E-state index is 6.18. The second-order valence-corrected chi connectivity index (χ2v) is 8.88. The first-order valence-electron chi connectivity index (χ1n) is 8.01. The standard InChI is InChI=1S/C17H36N2O/c1-13(10-18-15(3,4)5)14(2)19-11-16(6,7)20-17(8,9)12-19/h13-14,18H,10-12H2,1-9H3. The van der Waals surface area contributed by atoms with Crippen molar-refractivity contribution in [1.82, 2.24) is 10.2 Å². The van der Waals surface area contributed by atoms with Gasteiger partial charge in [-0.15, -0.1) is 0 Å². The molecule has 0 spiro atoms. The van der Waals surface area contributed by atoms with Crippen LogP contribution in [0.25, 0.3) is 0 Å². The zero-order chi connectivity index (χ0) is 15.8. The first kappa shape index (κ1) is 17.9. The SMILES string of the molecule is CC(CNC(C)(C)C)C(C)N1CC(C)(C)OC(C)(C)C1. The smallest absolute Gasteiger partial charge is 0.0760 e. The minimum absolute atomic E-state index is 0.0623. The molecule has 2 atom stereocenters. The third kappa shape index (κ3) is 5.71. The van der Waals surface area contributed by atoms with Crippen LogP contribution in [0.3, 0.4) is 0 Å². The molecular weight excluding hydrogens is 248 g/mol. The highest BCUT2D eigenvalue weighted by Crippen LogP contribution is 2.30. The first-order chi connectivity index (χ1) is 8.81. The molecule has 3 nitrogen and oxygen atoms in total. The number of nitrogens with one attached hydrogen (secondary N) is 1. The molecule has 1 saturated heterocycles. The molecule has 120 valence electrons. The molecule has 1 aliphatic rings. The number of rotatable bonds is 4. The summed E-state index contributed by atoms with van der Waals surface area (Å²) in [5.74, 6) is 0.624. The van der Waals surface area contributed by atoms with Crippen molar-refractivity contribution in [3.63, 3.8) is 0 Å². The van der Waals surface area contributed by atoms with Gasteiger partial charge in [0.15, 0.2) is 0 Å². The van der Waals surface area contributed by atoms with E-state index in [1.807, 2.05) is 0 Å². The van der Waals surface area contributed by atoms with Gasteiger partial charge in [0.1, 0.15) is 0 Å². The quantitative estimate of drug-likeness (QED) is 0.857. The Bertz CT molecular complexity index is 301. The summed E-state index contributed by atoms with van der Waals surface area (Å²) < 4.78 is 6.18. The van der Waals surface area contributed by atoms with E-state index in [4.69, 9.17) is 4.74 Å². The highest BCUT2D eigenvalue weighted by Gasteiger charge is 2.40. The summed E-state index contributed by atoms with van der Waals surface area (Å²) in [5, 5.41) is 3.63. The van der Waals surface area contributed by atoms with Crippen LogP contribution < -0.4 is 5.32 Å². The van der Waals surface area contributed by atoms with Gasteiger partial charge in [-0.25, -0.2) is 0 Å². The van der Waals surface area contributed by atoms with Crippen molar-refractivity contribution in [3.05, 3.63) is 0 Å². The number of ether oxygens (including phenoxy) is 1. The molecular formula is C17H36N2O. The molecule has 3 heteroatoms. The van der Waals surface area contributed by atoms with E-state index in [9.17, 15) is 0 Å². The molecule has 0 bridgehead atoms. The molecule has 0 aromatic heterocycles. The van der Waals surface area contributed by atoms with Crippen molar-refractivity contribution in [2.75, 3.05) is 19.6 Å². The Balaban J connectivity index is 2.63. The molecule has 0 aliphatic carbocycles. The minimum atomic E-state index is -0.0623. The molecule has 2 unspecified atom stereocenters. The monoisotopic (exact) mass is 284 g/mol. The van der Waals surface area contributed by atoms with Gasteiger partial charge in [-0.2, -0.15) is 0 Å². The highest BCUT2D eigenvalue weighted by molar-refractivity contribution is 4.92. The fourth-order valence-electron chi connectivity index (χ4n) is 3.13. The van der Waals surface area contributed by atoms with Crippen LogP contribution in [-0.4, -0.2) is 47.3 Å². The van der Waals surface area contributed by atoms with Crippen LogP contribution in [-0.2, 0) is 4.74 Å². The lowest BCUT2D eigenvalue weighted by molar-refractivity contribution is -0.189. The van der Waals surface area contributed by atoms with E-state index in [-0.39, 0.29) is 16.7 Å². The Labute approximate surface area is 126 Å². The van der Waals surface area contributed by atoms with E-state index in [2.05, 4.69) is 72.5 Å². The summed E-state index contributed by atoms with van der Waals surface area (Å²) in [6.45, 7) is 23.3. The molecule has 1 heterocycles.